The van der Waals surface area contributed by atoms with Crippen molar-refractivity contribution >= 4 is 23.4 Å². The van der Waals surface area contributed by atoms with E-state index >= 15 is 0 Å². The number of ether oxygens (including phenoxy) is 3. The van der Waals surface area contributed by atoms with Gasteiger partial charge in [-0.2, -0.15) is 4.98 Å². The van der Waals surface area contributed by atoms with Crippen LogP contribution in [-0.4, -0.2) is 143 Å². The van der Waals surface area contributed by atoms with Gasteiger partial charge in [0.1, 0.15) is 54.4 Å². The maximum Gasteiger partial charge on any atom is 0.351 e. The van der Waals surface area contributed by atoms with Crippen LogP contribution >= 0.6 is 11.8 Å². The lowest BCUT2D eigenvalue weighted by molar-refractivity contribution is -0.323. The van der Waals surface area contributed by atoms with Crippen molar-refractivity contribution < 1.29 is 64.2 Å². The van der Waals surface area contributed by atoms with Crippen molar-refractivity contribution in [1.82, 2.24) is 9.55 Å². The number of aliphatic hydroxyl groups excluding tert-OH is 8. The van der Waals surface area contributed by atoms with E-state index in [1.165, 1.54) is 11.8 Å². The molecule has 0 amide bonds. The van der Waals surface area contributed by atoms with E-state index in [1.54, 1.807) is 0 Å². The molecule has 1 aromatic rings. The van der Waals surface area contributed by atoms with E-state index in [9.17, 15) is 49.7 Å². The Morgan fingerprint density at radius 3 is 2.50 bits per heavy atom. The van der Waals surface area contributed by atoms with Crippen LogP contribution in [0.5, 0.6) is 0 Å². The number of carbonyl (C=O) groups is 1. The highest BCUT2D eigenvalue weighted by molar-refractivity contribution is 8.00. The fourth-order valence-electron chi connectivity index (χ4n) is 3.73. The van der Waals surface area contributed by atoms with Gasteiger partial charge in [0.25, 0.3) is 0 Å². The molecule has 38 heavy (non-hydrogen) atoms. The quantitative estimate of drug-likeness (QED) is 0.114. The molecule has 0 radical (unpaired) electrons. The van der Waals surface area contributed by atoms with Crippen LogP contribution in [0.3, 0.4) is 0 Å². The minimum Gasteiger partial charge on any atom is -0.394 e. The van der Waals surface area contributed by atoms with E-state index < -0.39 is 104 Å². The molecular formula is C20H30FN3O13S. The summed E-state index contributed by atoms with van der Waals surface area (Å²) in [5.74, 6) is -2.55. The van der Waals surface area contributed by atoms with Crippen LogP contribution in [0.4, 0.5) is 10.2 Å². The average Bonchev–Trinajstić information content (AvgIpc) is 3.39. The number of thioether (sulfide) groups is 1. The standard InChI is InChI=1S/C20H30FN3O13S/c21-7-2-24(11-6-38-12(5-27)36-11)20(34)23-18(7)22-1-8(28)13(30)17(9(29)3-25)37-19-16(33)15(32)14(31)10(4-26)35-19/h2,9-17,19,25-27,29-33H,1,3-6H2,(H,22,23,34). The molecule has 2 fully saturated rings. The second-order valence-corrected chi connectivity index (χ2v) is 9.67. The Labute approximate surface area is 218 Å². The van der Waals surface area contributed by atoms with Gasteiger partial charge in [0, 0.05) is 5.75 Å². The lowest BCUT2D eigenvalue weighted by Gasteiger charge is -2.41. The molecule has 3 rings (SSSR count). The molecule has 0 spiro atoms. The highest BCUT2D eigenvalue weighted by Gasteiger charge is 2.46. The largest absolute Gasteiger partial charge is 0.394 e. The summed E-state index contributed by atoms with van der Waals surface area (Å²) in [5, 5.41) is 80.4. The monoisotopic (exact) mass is 571 g/mol. The van der Waals surface area contributed by atoms with Crippen LogP contribution < -0.4 is 11.0 Å². The van der Waals surface area contributed by atoms with Crippen LogP contribution in [0.25, 0.3) is 0 Å². The van der Waals surface area contributed by atoms with Gasteiger partial charge >= 0.3 is 5.69 Å². The molecule has 0 bridgehead atoms. The number of halogens is 1. The summed E-state index contributed by atoms with van der Waals surface area (Å²) >= 11 is 1.22. The van der Waals surface area contributed by atoms with Gasteiger partial charge in [0.05, 0.1) is 32.6 Å². The smallest absolute Gasteiger partial charge is 0.351 e. The van der Waals surface area contributed by atoms with Crippen LogP contribution in [0.1, 0.15) is 6.23 Å². The van der Waals surface area contributed by atoms with Crippen LogP contribution in [0, 0.1) is 5.82 Å². The zero-order chi connectivity index (χ0) is 28.1. The van der Waals surface area contributed by atoms with Crippen molar-refractivity contribution in [2.75, 3.05) is 37.4 Å². The van der Waals surface area contributed by atoms with E-state index in [0.717, 1.165) is 10.8 Å². The Bertz CT molecular complexity index is 1000. The summed E-state index contributed by atoms with van der Waals surface area (Å²) in [4.78, 5) is 28.4. The molecule has 16 nitrogen and oxygen atoms in total. The predicted octanol–water partition coefficient (Wildman–Crippen LogP) is -5.16. The second-order valence-electron chi connectivity index (χ2n) is 8.48. The third-order valence-electron chi connectivity index (χ3n) is 5.88. The third kappa shape index (κ3) is 6.84. The first-order valence-corrected chi connectivity index (χ1v) is 12.4. The number of Topliss-reactive ketones (excluding diaryl/α,β-unsaturated/α-hetero) is 1. The van der Waals surface area contributed by atoms with Gasteiger partial charge in [0.2, 0.25) is 0 Å². The summed E-state index contributed by atoms with van der Waals surface area (Å²) in [7, 11) is 0. The number of hydrogen-bond acceptors (Lipinski definition) is 16. The second kappa shape index (κ2) is 13.5. The Morgan fingerprint density at radius 1 is 1.18 bits per heavy atom. The minimum atomic E-state index is -2.21. The Balaban J connectivity index is 1.67. The minimum absolute atomic E-state index is 0.257. The molecule has 2 aliphatic rings. The molecule has 18 heteroatoms. The molecule has 216 valence electrons. The zero-order valence-electron chi connectivity index (χ0n) is 19.7. The normalized spacial score (nSPS) is 32.1. The molecule has 0 aromatic carbocycles. The molecule has 9 N–H and O–H groups in total. The topological polar surface area (TPSA) is 254 Å². The van der Waals surface area contributed by atoms with Gasteiger partial charge in [-0.3, -0.25) is 9.36 Å². The molecule has 1 aromatic heterocycles. The molecule has 10 atom stereocenters. The van der Waals surface area contributed by atoms with E-state index in [-0.39, 0.29) is 12.4 Å². The highest BCUT2D eigenvalue weighted by Crippen LogP contribution is 2.30. The first kappa shape index (κ1) is 30.7. The molecule has 2 aliphatic heterocycles. The molecular weight excluding hydrogens is 541 g/mol. The number of nitrogens with one attached hydrogen (secondary N) is 1. The Kier molecular flexibility index (Phi) is 10.9. The maximum atomic E-state index is 14.6. The van der Waals surface area contributed by atoms with Crippen LogP contribution in [0.2, 0.25) is 0 Å². The first-order chi connectivity index (χ1) is 18.0. The summed E-state index contributed by atoms with van der Waals surface area (Å²) < 4.78 is 31.2. The van der Waals surface area contributed by atoms with E-state index in [2.05, 4.69) is 10.3 Å². The fourth-order valence-corrected chi connectivity index (χ4v) is 4.66. The molecule has 0 saturated carbocycles. The predicted molar refractivity (Wildman–Crippen MR) is 123 cm³/mol. The van der Waals surface area contributed by atoms with Crippen molar-refractivity contribution in [2.24, 2.45) is 0 Å². The number of aromatic nitrogens is 2. The van der Waals surface area contributed by atoms with E-state index in [0.29, 0.717) is 0 Å². The Hall–Kier alpha value is -1.81. The molecule has 3 heterocycles. The maximum absolute atomic E-state index is 14.6. The van der Waals surface area contributed by atoms with Crippen molar-refractivity contribution in [2.45, 2.75) is 60.7 Å². The van der Waals surface area contributed by atoms with Crippen LogP contribution in [-0.2, 0) is 19.0 Å². The van der Waals surface area contributed by atoms with E-state index in [4.69, 9.17) is 19.3 Å². The molecule has 2 saturated heterocycles. The van der Waals surface area contributed by atoms with Gasteiger partial charge in [-0.15, -0.1) is 11.8 Å². The van der Waals surface area contributed by atoms with Gasteiger partial charge in [-0.1, -0.05) is 0 Å². The fraction of sp³-hybridized carbons (Fsp3) is 0.750. The lowest BCUT2D eigenvalue weighted by Crippen LogP contribution is -2.61. The number of rotatable bonds is 12. The Morgan fingerprint density at radius 2 is 1.89 bits per heavy atom. The van der Waals surface area contributed by atoms with Crippen molar-refractivity contribution in [1.29, 1.82) is 0 Å². The first-order valence-electron chi connectivity index (χ1n) is 11.4. The number of hydrogen-bond donors (Lipinski definition) is 9. The molecule has 0 aliphatic carbocycles. The summed E-state index contributed by atoms with van der Waals surface area (Å²) in [6.45, 7) is -2.95. The lowest BCUT2D eigenvalue weighted by atomic mass is 9.98. The number of aliphatic hydroxyl groups is 8. The summed E-state index contributed by atoms with van der Waals surface area (Å²) in [6, 6.07) is 0. The van der Waals surface area contributed by atoms with Gasteiger partial charge in [-0.05, 0) is 0 Å². The van der Waals surface area contributed by atoms with Gasteiger partial charge in [0.15, 0.2) is 23.7 Å². The highest BCUT2D eigenvalue weighted by atomic mass is 32.2. The van der Waals surface area contributed by atoms with Gasteiger partial charge in [-0.25, -0.2) is 9.18 Å². The van der Waals surface area contributed by atoms with Gasteiger partial charge < -0.3 is 60.4 Å². The van der Waals surface area contributed by atoms with Crippen molar-refractivity contribution in [3.05, 3.63) is 22.5 Å². The SMILES string of the molecule is O=C(CNc1nc(=O)n(C2CSC(CO)O2)cc1F)C(O)C(OC1OC(CO)C(O)C(O)C1O)C(O)CO. The van der Waals surface area contributed by atoms with Crippen molar-refractivity contribution in [3.63, 3.8) is 0 Å². The number of carbonyl (C=O) groups excluding carboxylic acids is 1. The third-order valence-corrected chi connectivity index (χ3v) is 6.99. The number of anilines is 1. The molecule has 10 unspecified atom stereocenters. The van der Waals surface area contributed by atoms with E-state index in [1.807, 2.05) is 0 Å². The average molecular weight is 572 g/mol. The number of ketones is 1. The summed E-state index contributed by atoms with van der Waals surface area (Å²) in [6.07, 6.45) is -14.9. The van der Waals surface area contributed by atoms with Crippen molar-refractivity contribution in [3.8, 4) is 0 Å². The number of nitrogens with zero attached hydrogens (tertiary/aromatic N) is 2. The summed E-state index contributed by atoms with van der Waals surface area (Å²) in [5.41, 5.74) is -1.51. The van der Waals surface area contributed by atoms with Crippen LogP contribution in [0.15, 0.2) is 11.0 Å². The zero-order valence-corrected chi connectivity index (χ0v) is 20.5.